The van der Waals surface area contributed by atoms with Crippen LogP contribution in [0.4, 0.5) is 0 Å². The summed E-state index contributed by atoms with van der Waals surface area (Å²) >= 11 is 0. The fourth-order valence-electron chi connectivity index (χ4n) is 12.8. The SMILES string of the molecule is C=C(c1ccc(C)cc1)N(CCN)C(=N)C(C)C12CCC3C(CCC4C5(C)CCC(C)C5CCC34C)C1=C(C(C)C)/C(=C\CC)C2. The summed E-state index contributed by atoms with van der Waals surface area (Å²) in [6, 6.07) is 8.61. The molecular formula is C43H65N3. The summed E-state index contributed by atoms with van der Waals surface area (Å²) < 4.78 is 0. The summed E-state index contributed by atoms with van der Waals surface area (Å²) in [5, 5.41) is 9.91. The van der Waals surface area contributed by atoms with Gasteiger partial charge in [0.15, 0.2) is 0 Å². The zero-order valence-electron chi connectivity index (χ0n) is 30.6. The molecule has 4 saturated carbocycles. The van der Waals surface area contributed by atoms with Crippen LogP contribution in [0.2, 0.25) is 0 Å². The van der Waals surface area contributed by atoms with Gasteiger partial charge in [0.2, 0.25) is 0 Å². The van der Waals surface area contributed by atoms with Gasteiger partial charge in [-0.25, -0.2) is 0 Å². The van der Waals surface area contributed by atoms with Crippen molar-refractivity contribution in [2.24, 2.45) is 63.4 Å². The fraction of sp³-hybridized carbons (Fsp3) is 0.698. The number of amidine groups is 1. The molecule has 0 spiro atoms. The van der Waals surface area contributed by atoms with Crippen LogP contribution in [-0.4, -0.2) is 23.8 Å². The highest BCUT2D eigenvalue weighted by atomic mass is 15.2. The fourth-order valence-corrected chi connectivity index (χ4v) is 12.8. The Labute approximate surface area is 282 Å². The summed E-state index contributed by atoms with van der Waals surface area (Å²) in [6.07, 6.45) is 15.7. The smallest absolute Gasteiger partial charge is 0.104 e. The molecule has 6 rings (SSSR count). The molecule has 0 amide bonds. The van der Waals surface area contributed by atoms with Crippen molar-refractivity contribution < 1.29 is 0 Å². The van der Waals surface area contributed by atoms with E-state index in [0.29, 0.717) is 41.6 Å². The lowest BCUT2D eigenvalue weighted by Crippen LogP contribution is -2.57. The van der Waals surface area contributed by atoms with Crippen molar-refractivity contribution in [2.75, 3.05) is 13.1 Å². The largest absolute Gasteiger partial charge is 0.329 e. The molecular weight excluding hydrogens is 558 g/mol. The minimum atomic E-state index is 0.00539. The third kappa shape index (κ3) is 5.03. The van der Waals surface area contributed by atoms with Crippen LogP contribution in [-0.2, 0) is 0 Å². The number of aryl methyl sites for hydroxylation is 1. The van der Waals surface area contributed by atoms with Gasteiger partial charge >= 0.3 is 0 Å². The number of hydrogen-bond donors (Lipinski definition) is 2. The normalized spacial score (nSPS) is 38.3. The molecule has 9 atom stereocenters. The Morgan fingerprint density at radius 2 is 1.65 bits per heavy atom. The molecule has 1 aromatic rings. The number of rotatable bonds is 8. The maximum Gasteiger partial charge on any atom is 0.104 e. The standard InChI is InChI=1S/C43H65N3/c1-10-11-33-26-43(30(6)40(45)46(25-24-44)31(7)32-14-12-28(4)13-15-32)23-20-36-34(39(43)38(33)27(2)3)16-17-37-41(8)21-18-29(5)35(41)19-22-42(36,37)9/h11-15,27,29-30,34-37,45H,7,10,16-26,44H2,1-6,8-9H3/b33-11-,45-40?. The van der Waals surface area contributed by atoms with Crippen molar-refractivity contribution in [1.29, 1.82) is 5.41 Å². The predicted octanol–water partition coefficient (Wildman–Crippen LogP) is 10.8. The van der Waals surface area contributed by atoms with Crippen LogP contribution in [0, 0.1) is 70.0 Å². The van der Waals surface area contributed by atoms with E-state index in [9.17, 15) is 5.41 Å². The van der Waals surface area contributed by atoms with Gasteiger partial charge in [0.25, 0.3) is 0 Å². The number of allylic oxidation sites excluding steroid dienone is 4. The highest BCUT2D eigenvalue weighted by Gasteiger charge is 2.65. The molecule has 3 nitrogen and oxygen atoms in total. The van der Waals surface area contributed by atoms with Gasteiger partial charge in [-0.1, -0.05) is 96.5 Å². The molecule has 5 aliphatic rings. The molecule has 3 heteroatoms. The van der Waals surface area contributed by atoms with Gasteiger partial charge in [-0.05, 0) is 134 Å². The minimum Gasteiger partial charge on any atom is -0.329 e. The quantitative estimate of drug-likeness (QED) is 0.224. The average Bonchev–Trinajstić information content (AvgIpc) is 3.53. The van der Waals surface area contributed by atoms with Gasteiger partial charge in [0, 0.05) is 30.1 Å². The van der Waals surface area contributed by atoms with Gasteiger partial charge in [-0.3, -0.25) is 5.41 Å². The Morgan fingerprint density at radius 3 is 2.30 bits per heavy atom. The summed E-state index contributed by atoms with van der Waals surface area (Å²) in [6.45, 7) is 25.4. The Morgan fingerprint density at radius 1 is 1.00 bits per heavy atom. The van der Waals surface area contributed by atoms with Gasteiger partial charge < -0.3 is 10.6 Å². The molecule has 9 unspecified atom stereocenters. The predicted molar refractivity (Wildman–Crippen MR) is 196 cm³/mol. The molecule has 1 aromatic carbocycles. The van der Waals surface area contributed by atoms with E-state index in [1.807, 2.05) is 0 Å². The molecule has 0 saturated heterocycles. The first kappa shape index (κ1) is 33.8. The second-order valence-corrected chi connectivity index (χ2v) is 17.4. The van der Waals surface area contributed by atoms with Crippen LogP contribution in [0.1, 0.15) is 124 Å². The lowest BCUT2D eigenvalue weighted by molar-refractivity contribution is -0.134. The summed E-state index contributed by atoms with van der Waals surface area (Å²) in [5.74, 6) is 5.42. The second kappa shape index (κ2) is 12.4. The molecule has 5 aliphatic carbocycles. The Kier molecular flexibility index (Phi) is 9.10. The number of nitrogens with two attached hydrogens (primary N) is 1. The van der Waals surface area contributed by atoms with Crippen molar-refractivity contribution in [3.63, 3.8) is 0 Å². The number of benzene rings is 1. The van der Waals surface area contributed by atoms with Crippen molar-refractivity contribution >= 4 is 11.5 Å². The average molecular weight is 624 g/mol. The van der Waals surface area contributed by atoms with E-state index in [-0.39, 0.29) is 11.3 Å². The van der Waals surface area contributed by atoms with Crippen molar-refractivity contribution in [3.05, 3.63) is 64.8 Å². The maximum atomic E-state index is 9.91. The summed E-state index contributed by atoms with van der Waals surface area (Å²) in [5.41, 5.74) is 15.5. The van der Waals surface area contributed by atoms with E-state index in [2.05, 4.69) is 97.2 Å². The zero-order chi connectivity index (χ0) is 33.2. The maximum absolute atomic E-state index is 9.91. The number of fused-ring (bicyclic) bond motifs is 7. The monoisotopic (exact) mass is 624 g/mol. The number of nitrogens with zero attached hydrogens (tertiary/aromatic N) is 1. The van der Waals surface area contributed by atoms with E-state index in [0.717, 1.165) is 47.8 Å². The Balaban J connectivity index is 1.40. The van der Waals surface area contributed by atoms with Crippen LogP contribution >= 0.6 is 0 Å². The first-order valence-corrected chi connectivity index (χ1v) is 19.1. The van der Waals surface area contributed by atoms with Crippen LogP contribution in [0.25, 0.3) is 5.70 Å². The van der Waals surface area contributed by atoms with E-state index in [1.165, 1.54) is 56.9 Å². The van der Waals surface area contributed by atoms with E-state index < -0.39 is 0 Å². The summed E-state index contributed by atoms with van der Waals surface area (Å²) in [7, 11) is 0. The molecule has 0 aliphatic heterocycles. The highest BCUT2D eigenvalue weighted by molar-refractivity contribution is 5.91. The Hall–Kier alpha value is -2.13. The topological polar surface area (TPSA) is 53.1 Å². The third-order valence-electron chi connectivity index (χ3n) is 14.9. The Bertz CT molecular complexity index is 1400. The molecule has 4 fully saturated rings. The summed E-state index contributed by atoms with van der Waals surface area (Å²) in [4.78, 5) is 2.16. The van der Waals surface area contributed by atoms with Crippen molar-refractivity contribution in [2.45, 2.75) is 120 Å². The van der Waals surface area contributed by atoms with Gasteiger partial charge in [0.05, 0.1) is 0 Å². The second-order valence-electron chi connectivity index (χ2n) is 17.4. The molecule has 0 aromatic heterocycles. The van der Waals surface area contributed by atoms with E-state index in [4.69, 9.17) is 5.73 Å². The van der Waals surface area contributed by atoms with Crippen LogP contribution < -0.4 is 5.73 Å². The molecule has 0 heterocycles. The lowest BCUT2D eigenvalue weighted by Gasteiger charge is -2.65. The molecule has 0 radical (unpaired) electrons. The highest BCUT2D eigenvalue weighted by Crippen LogP contribution is 2.73. The molecule has 0 bridgehead atoms. The third-order valence-corrected chi connectivity index (χ3v) is 14.9. The first-order valence-electron chi connectivity index (χ1n) is 19.1. The van der Waals surface area contributed by atoms with Crippen LogP contribution in [0.15, 0.2) is 53.6 Å². The van der Waals surface area contributed by atoms with Crippen LogP contribution in [0.5, 0.6) is 0 Å². The lowest BCUT2D eigenvalue weighted by atomic mass is 9.40. The van der Waals surface area contributed by atoms with E-state index >= 15 is 0 Å². The van der Waals surface area contributed by atoms with Gasteiger partial charge in [-0.15, -0.1) is 0 Å². The van der Waals surface area contributed by atoms with Crippen molar-refractivity contribution in [1.82, 2.24) is 4.90 Å². The molecule has 3 N–H and O–H groups in total. The minimum absolute atomic E-state index is 0.00539. The van der Waals surface area contributed by atoms with E-state index in [1.54, 1.807) is 16.7 Å². The first-order chi connectivity index (χ1) is 21.8. The van der Waals surface area contributed by atoms with Gasteiger partial charge in [-0.2, -0.15) is 0 Å². The van der Waals surface area contributed by atoms with Crippen molar-refractivity contribution in [3.8, 4) is 0 Å². The van der Waals surface area contributed by atoms with Crippen LogP contribution in [0.3, 0.4) is 0 Å². The number of hydrogen-bond acceptors (Lipinski definition) is 2. The number of nitrogens with one attached hydrogen (secondary N) is 1. The molecule has 46 heavy (non-hydrogen) atoms. The molecule has 252 valence electrons. The van der Waals surface area contributed by atoms with Gasteiger partial charge in [0.1, 0.15) is 5.84 Å². The zero-order valence-corrected chi connectivity index (χ0v) is 30.6.